The van der Waals surface area contributed by atoms with Crippen LogP contribution >= 0.6 is 0 Å². The topological polar surface area (TPSA) is 62.3 Å². The van der Waals surface area contributed by atoms with Crippen LogP contribution in [0.1, 0.15) is 23.6 Å². The standard InChI is InChI=1S/C18H18FN3O2/c19-15-4-2-14(3-5-15)17-18(24)21-11-12-22(17)16(23)6-1-13-7-9-20-10-8-13/h2-5,7-10,17H,1,6,11-12H2,(H,21,24)/t17-/m1/s1. The predicted octanol–water partition coefficient (Wildman–Crippen LogP) is 1.85. The number of nitrogens with one attached hydrogen (secondary N) is 1. The third-order valence-electron chi connectivity index (χ3n) is 4.09. The summed E-state index contributed by atoms with van der Waals surface area (Å²) in [5, 5.41) is 2.77. The summed E-state index contributed by atoms with van der Waals surface area (Å²) in [7, 11) is 0. The zero-order valence-electron chi connectivity index (χ0n) is 13.1. The van der Waals surface area contributed by atoms with E-state index in [-0.39, 0.29) is 17.6 Å². The molecular weight excluding hydrogens is 309 g/mol. The van der Waals surface area contributed by atoms with E-state index in [1.54, 1.807) is 29.4 Å². The Morgan fingerprint density at radius 1 is 1.21 bits per heavy atom. The molecule has 1 aromatic carbocycles. The van der Waals surface area contributed by atoms with Crippen molar-refractivity contribution < 1.29 is 14.0 Å². The van der Waals surface area contributed by atoms with Crippen molar-refractivity contribution in [1.82, 2.24) is 15.2 Å². The molecule has 0 radical (unpaired) electrons. The van der Waals surface area contributed by atoms with E-state index in [1.807, 2.05) is 12.1 Å². The number of carbonyl (C=O) groups is 2. The van der Waals surface area contributed by atoms with Crippen molar-refractivity contribution in [2.75, 3.05) is 13.1 Å². The first-order valence-corrected chi connectivity index (χ1v) is 7.87. The smallest absolute Gasteiger partial charge is 0.247 e. The third kappa shape index (κ3) is 3.59. The fourth-order valence-electron chi connectivity index (χ4n) is 2.86. The average molecular weight is 327 g/mol. The second-order valence-electron chi connectivity index (χ2n) is 5.69. The highest BCUT2D eigenvalue weighted by Crippen LogP contribution is 2.24. The Labute approximate surface area is 139 Å². The number of halogens is 1. The second-order valence-corrected chi connectivity index (χ2v) is 5.69. The maximum atomic E-state index is 13.1. The zero-order valence-corrected chi connectivity index (χ0v) is 13.1. The molecule has 6 heteroatoms. The predicted molar refractivity (Wildman–Crippen MR) is 86.4 cm³/mol. The van der Waals surface area contributed by atoms with Gasteiger partial charge in [-0.3, -0.25) is 14.6 Å². The summed E-state index contributed by atoms with van der Waals surface area (Å²) in [5.74, 6) is -0.688. The van der Waals surface area contributed by atoms with Gasteiger partial charge in [-0.15, -0.1) is 0 Å². The normalized spacial score (nSPS) is 17.5. The highest BCUT2D eigenvalue weighted by atomic mass is 19.1. The van der Waals surface area contributed by atoms with Gasteiger partial charge in [0.1, 0.15) is 11.9 Å². The lowest BCUT2D eigenvalue weighted by Gasteiger charge is -2.35. The minimum Gasteiger partial charge on any atom is -0.352 e. The second kappa shape index (κ2) is 7.21. The minimum absolute atomic E-state index is 0.0870. The Morgan fingerprint density at radius 3 is 2.62 bits per heavy atom. The quantitative estimate of drug-likeness (QED) is 0.932. The van der Waals surface area contributed by atoms with E-state index in [1.165, 1.54) is 12.1 Å². The third-order valence-corrected chi connectivity index (χ3v) is 4.09. The van der Waals surface area contributed by atoms with Crippen LogP contribution in [0.5, 0.6) is 0 Å². The number of rotatable bonds is 4. The van der Waals surface area contributed by atoms with E-state index in [2.05, 4.69) is 10.3 Å². The summed E-state index contributed by atoms with van der Waals surface area (Å²) in [4.78, 5) is 30.4. The van der Waals surface area contributed by atoms with Gasteiger partial charge in [0.2, 0.25) is 11.8 Å². The van der Waals surface area contributed by atoms with Gasteiger partial charge >= 0.3 is 0 Å². The number of benzene rings is 1. The molecule has 1 aliphatic heterocycles. The van der Waals surface area contributed by atoms with Gasteiger partial charge in [0.25, 0.3) is 0 Å². The van der Waals surface area contributed by atoms with Crippen molar-refractivity contribution in [2.45, 2.75) is 18.9 Å². The lowest BCUT2D eigenvalue weighted by atomic mass is 10.0. The Kier molecular flexibility index (Phi) is 4.84. The summed E-state index contributed by atoms with van der Waals surface area (Å²) < 4.78 is 13.1. The molecule has 2 aromatic rings. The number of carbonyl (C=O) groups excluding carboxylic acids is 2. The molecule has 5 nitrogen and oxygen atoms in total. The highest BCUT2D eigenvalue weighted by molar-refractivity contribution is 5.89. The molecular formula is C18H18FN3O2. The lowest BCUT2D eigenvalue weighted by Crippen LogP contribution is -2.52. The van der Waals surface area contributed by atoms with E-state index >= 15 is 0 Å². The minimum atomic E-state index is -0.704. The van der Waals surface area contributed by atoms with Crippen molar-refractivity contribution in [3.8, 4) is 0 Å². The van der Waals surface area contributed by atoms with Crippen LogP contribution in [-0.2, 0) is 16.0 Å². The molecule has 1 fully saturated rings. The number of piperazine rings is 1. The summed E-state index contributed by atoms with van der Waals surface area (Å²) in [6, 6.07) is 8.74. The van der Waals surface area contributed by atoms with Crippen LogP contribution in [0, 0.1) is 5.82 Å². The van der Waals surface area contributed by atoms with E-state index in [9.17, 15) is 14.0 Å². The van der Waals surface area contributed by atoms with Gasteiger partial charge in [0.05, 0.1) is 0 Å². The molecule has 1 atom stereocenters. The van der Waals surface area contributed by atoms with Gasteiger partial charge in [0, 0.05) is 31.9 Å². The van der Waals surface area contributed by atoms with Gasteiger partial charge in [0.15, 0.2) is 0 Å². The summed E-state index contributed by atoms with van der Waals surface area (Å²) in [6.07, 6.45) is 4.29. The van der Waals surface area contributed by atoms with Crippen molar-refractivity contribution in [3.63, 3.8) is 0 Å². The monoisotopic (exact) mass is 327 g/mol. The Balaban J connectivity index is 1.74. The number of hydrogen-bond acceptors (Lipinski definition) is 3. The van der Waals surface area contributed by atoms with Crippen molar-refractivity contribution in [3.05, 3.63) is 65.7 Å². The maximum absolute atomic E-state index is 13.1. The van der Waals surface area contributed by atoms with Crippen LogP contribution in [0.4, 0.5) is 4.39 Å². The molecule has 0 bridgehead atoms. The van der Waals surface area contributed by atoms with E-state index < -0.39 is 6.04 Å². The molecule has 1 N–H and O–H groups in total. The molecule has 1 aliphatic rings. The van der Waals surface area contributed by atoms with Gasteiger partial charge in [-0.05, 0) is 41.8 Å². The van der Waals surface area contributed by atoms with Crippen LogP contribution in [0.2, 0.25) is 0 Å². The average Bonchev–Trinajstić information content (AvgIpc) is 2.61. The summed E-state index contributed by atoms with van der Waals surface area (Å²) in [6.45, 7) is 0.875. The van der Waals surface area contributed by atoms with Crippen LogP contribution in [-0.4, -0.2) is 34.8 Å². The van der Waals surface area contributed by atoms with Crippen LogP contribution < -0.4 is 5.32 Å². The maximum Gasteiger partial charge on any atom is 0.247 e. The molecule has 1 aromatic heterocycles. The number of amides is 2. The number of aromatic nitrogens is 1. The fourth-order valence-corrected chi connectivity index (χ4v) is 2.86. The Bertz CT molecular complexity index is 719. The molecule has 3 rings (SSSR count). The molecule has 0 spiro atoms. The largest absolute Gasteiger partial charge is 0.352 e. The first-order valence-electron chi connectivity index (χ1n) is 7.87. The lowest BCUT2D eigenvalue weighted by molar-refractivity contribution is -0.143. The summed E-state index contributed by atoms with van der Waals surface area (Å²) >= 11 is 0. The van der Waals surface area contributed by atoms with Gasteiger partial charge in [-0.2, -0.15) is 0 Å². The van der Waals surface area contributed by atoms with E-state index in [0.29, 0.717) is 31.5 Å². The SMILES string of the molecule is O=C1NCCN(C(=O)CCc2ccncc2)[C@@H]1c1ccc(F)cc1. The van der Waals surface area contributed by atoms with Crippen molar-refractivity contribution in [1.29, 1.82) is 0 Å². The van der Waals surface area contributed by atoms with Crippen LogP contribution in [0.25, 0.3) is 0 Å². The number of aryl methyl sites for hydroxylation is 1. The number of pyridine rings is 1. The molecule has 0 saturated carbocycles. The van der Waals surface area contributed by atoms with Gasteiger partial charge in [-0.1, -0.05) is 12.1 Å². The molecule has 2 amide bonds. The molecule has 0 aliphatic carbocycles. The number of nitrogens with zero attached hydrogens (tertiary/aromatic N) is 2. The van der Waals surface area contributed by atoms with Crippen LogP contribution in [0.3, 0.4) is 0 Å². The first kappa shape index (κ1) is 16.1. The molecule has 24 heavy (non-hydrogen) atoms. The van der Waals surface area contributed by atoms with Crippen molar-refractivity contribution in [2.24, 2.45) is 0 Å². The van der Waals surface area contributed by atoms with E-state index in [0.717, 1.165) is 5.56 Å². The van der Waals surface area contributed by atoms with Crippen molar-refractivity contribution >= 4 is 11.8 Å². The zero-order chi connectivity index (χ0) is 16.9. The Hall–Kier alpha value is -2.76. The highest BCUT2D eigenvalue weighted by Gasteiger charge is 2.33. The van der Waals surface area contributed by atoms with Crippen LogP contribution in [0.15, 0.2) is 48.8 Å². The van der Waals surface area contributed by atoms with E-state index in [4.69, 9.17) is 0 Å². The molecule has 1 saturated heterocycles. The first-order chi connectivity index (χ1) is 11.6. The molecule has 0 unspecified atom stereocenters. The summed E-state index contributed by atoms with van der Waals surface area (Å²) in [5.41, 5.74) is 1.64. The Morgan fingerprint density at radius 2 is 1.92 bits per heavy atom. The molecule has 124 valence electrons. The van der Waals surface area contributed by atoms with Gasteiger partial charge in [-0.25, -0.2) is 4.39 Å². The fraction of sp³-hybridized carbons (Fsp3) is 0.278. The molecule has 2 heterocycles. The van der Waals surface area contributed by atoms with Gasteiger partial charge < -0.3 is 10.2 Å². The number of hydrogen-bond donors (Lipinski definition) is 1.